The van der Waals surface area contributed by atoms with Crippen molar-refractivity contribution in [2.45, 2.75) is 57.7 Å². The maximum Gasteiger partial charge on any atom is 0.325 e. The van der Waals surface area contributed by atoms with Gasteiger partial charge in [-0.1, -0.05) is 0 Å². The first-order valence-electron chi connectivity index (χ1n) is 6.83. The zero-order valence-electron chi connectivity index (χ0n) is 12.2. The summed E-state index contributed by atoms with van der Waals surface area (Å²) in [5.41, 5.74) is -0.0348. The molecule has 0 aromatic heterocycles. The Morgan fingerprint density at radius 3 is 2.26 bits per heavy atom. The number of hydrogen-bond donors (Lipinski definition) is 3. The average molecular weight is 268 g/mol. The van der Waals surface area contributed by atoms with Gasteiger partial charge in [-0.15, -0.1) is 0 Å². The van der Waals surface area contributed by atoms with Crippen LogP contribution in [0.4, 0.5) is 9.59 Å². The second-order valence-corrected chi connectivity index (χ2v) is 6.83. The Hall–Kier alpha value is -1.30. The van der Waals surface area contributed by atoms with Gasteiger partial charge in [0.05, 0.1) is 0 Å². The zero-order chi connectivity index (χ0) is 14.3. The highest BCUT2D eigenvalue weighted by Crippen LogP contribution is 2.31. The SMILES string of the molecule is CC1(C)CC(N2CCNC(=O)NC2=O)CC(C)(C)N1. The van der Waals surface area contributed by atoms with Gasteiger partial charge in [0.25, 0.3) is 0 Å². The van der Waals surface area contributed by atoms with Gasteiger partial charge in [0.2, 0.25) is 0 Å². The Labute approximate surface area is 114 Å². The number of imide groups is 1. The highest BCUT2D eigenvalue weighted by atomic mass is 16.2. The van der Waals surface area contributed by atoms with Crippen molar-refractivity contribution in [3.05, 3.63) is 0 Å². The van der Waals surface area contributed by atoms with Crippen LogP contribution in [0.25, 0.3) is 0 Å². The minimum Gasteiger partial charge on any atom is -0.336 e. The largest absolute Gasteiger partial charge is 0.336 e. The summed E-state index contributed by atoms with van der Waals surface area (Å²) in [7, 11) is 0. The van der Waals surface area contributed by atoms with Crippen LogP contribution in [0.5, 0.6) is 0 Å². The quantitative estimate of drug-likeness (QED) is 0.665. The molecule has 6 heteroatoms. The maximum atomic E-state index is 12.1. The standard InChI is InChI=1S/C13H24N4O2/c1-12(2)7-9(8-13(3,4)16-12)17-6-5-14-10(18)15-11(17)19/h9,16H,5-8H2,1-4H3,(H2,14,15,18,19). The van der Waals surface area contributed by atoms with E-state index >= 15 is 0 Å². The molecule has 0 aliphatic carbocycles. The topological polar surface area (TPSA) is 73.5 Å². The first kappa shape index (κ1) is 14.1. The molecule has 2 aliphatic rings. The summed E-state index contributed by atoms with van der Waals surface area (Å²) in [6, 6.07) is -0.535. The molecule has 0 aromatic carbocycles. The lowest BCUT2D eigenvalue weighted by Crippen LogP contribution is -2.63. The van der Waals surface area contributed by atoms with E-state index in [1.165, 1.54) is 0 Å². The molecule has 2 saturated heterocycles. The van der Waals surface area contributed by atoms with Crippen molar-refractivity contribution < 1.29 is 9.59 Å². The molecule has 2 aliphatic heterocycles. The van der Waals surface area contributed by atoms with E-state index in [1.807, 2.05) is 0 Å². The molecule has 0 saturated carbocycles. The van der Waals surface area contributed by atoms with E-state index in [2.05, 4.69) is 43.6 Å². The van der Waals surface area contributed by atoms with Crippen LogP contribution >= 0.6 is 0 Å². The van der Waals surface area contributed by atoms with Crippen molar-refractivity contribution in [3.63, 3.8) is 0 Å². The van der Waals surface area contributed by atoms with E-state index in [4.69, 9.17) is 0 Å². The van der Waals surface area contributed by atoms with E-state index in [-0.39, 0.29) is 23.2 Å². The zero-order valence-corrected chi connectivity index (χ0v) is 12.2. The Morgan fingerprint density at radius 1 is 1.11 bits per heavy atom. The highest BCUT2D eigenvalue weighted by molar-refractivity contribution is 5.94. The van der Waals surface area contributed by atoms with Crippen molar-refractivity contribution >= 4 is 12.1 Å². The number of piperidine rings is 1. The third-order valence-corrected chi connectivity index (χ3v) is 3.73. The summed E-state index contributed by atoms with van der Waals surface area (Å²) in [6.45, 7) is 9.68. The molecule has 0 radical (unpaired) electrons. The molecule has 19 heavy (non-hydrogen) atoms. The molecule has 6 nitrogen and oxygen atoms in total. The summed E-state index contributed by atoms with van der Waals surface area (Å²) in [6.07, 6.45) is 1.77. The van der Waals surface area contributed by atoms with E-state index in [0.717, 1.165) is 12.8 Å². The van der Waals surface area contributed by atoms with Gasteiger partial charge in [-0.2, -0.15) is 0 Å². The number of nitrogens with one attached hydrogen (secondary N) is 3. The highest BCUT2D eigenvalue weighted by Gasteiger charge is 2.41. The lowest BCUT2D eigenvalue weighted by atomic mass is 9.79. The van der Waals surface area contributed by atoms with E-state index in [0.29, 0.717) is 13.1 Å². The molecule has 2 heterocycles. The molecule has 4 amide bonds. The summed E-state index contributed by atoms with van der Waals surface area (Å²) in [5, 5.41) is 8.62. The van der Waals surface area contributed by atoms with Gasteiger partial charge in [-0.25, -0.2) is 9.59 Å². The van der Waals surface area contributed by atoms with Crippen molar-refractivity contribution in [2.75, 3.05) is 13.1 Å². The summed E-state index contributed by atoms with van der Waals surface area (Å²) in [4.78, 5) is 25.2. The second-order valence-electron chi connectivity index (χ2n) is 6.83. The third kappa shape index (κ3) is 3.37. The molecule has 3 N–H and O–H groups in total. The minimum absolute atomic E-state index is 0.0174. The van der Waals surface area contributed by atoms with Crippen molar-refractivity contribution in [2.24, 2.45) is 0 Å². The predicted octanol–water partition coefficient (Wildman–Crippen LogP) is 1.03. The Morgan fingerprint density at radius 2 is 1.68 bits per heavy atom. The maximum absolute atomic E-state index is 12.1. The number of nitrogens with zero attached hydrogens (tertiary/aromatic N) is 1. The van der Waals surface area contributed by atoms with Crippen LogP contribution < -0.4 is 16.0 Å². The van der Waals surface area contributed by atoms with Crippen LogP contribution in [0.3, 0.4) is 0 Å². The molecule has 0 spiro atoms. The fourth-order valence-corrected chi connectivity index (χ4v) is 3.44. The Bertz CT molecular complexity index is 376. The van der Waals surface area contributed by atoms with E-state index < -0.39 is 6.03 Å². The average Bonchev–Trinajstić information content (AvgIpc) is 2.34. The number of urea groups is 2. The van der Waals surface area contributed by atoms with E-state index in [1.54, 1.807) is 4.90 Å². The molecule has 2 fully saturated rings. The molecule has 2 rings (SSSR count). The molecule has 0 bridgehead atoms. The molecule has 0 unspecified atom stereocenters. The Balaban J connectivity index is 2.15. The van der Waals surface area contributed by atoms with Crippen LogP contribution in [0.2, 0.25) is 0 Å². The fraction of sp³-hybridized carbons (Fsp3) is 0.846. The molecule has 0 atom stereocenters. The van der Waals surface area contributed by atoms with Gasteiger partial charge in [0.1, 0.15) is 0 Å². The lowest BCUT2D eigenvalue weighted by Gasteiger charge is -2.49. The van der Waals surface area contributed by atoms with Crippen molar-refractivity contribution in [1.82, 2.24) is 20.9 Å². The van der Waals surface area contributed by atoms with Crippen molar-refractivity contribution in [1.29, 1.82) is 0 Å². The molecular formula is C13H24N4O2. The first-order chi connectivity index (χ1) is 8.69. The monoisotopic (exact) mass is 268 g/mol. The first-order valence-corrected chi connectivity index (χ1v) is 6.83. The van der Waals surface area contributed by atoms with Gasteiger partial charge in [0, 0.05) is 30.2 Å². The summed E-state index contributed by atoms with van der Waals surface area (Å²) in [5.74, 6) is 0. The summed E-state index contributed by atoms with van der Waals surface area (Å²) < 4.78 is 0. The normalized spacial score (nSPS) is 27.5. The van der Waals surface area contributed by atoms with Gasteiger partial charge in [-0.3, -0.25) is 5.32 Å². The minimum atomic E-state index is -0.403. The van der Waals surface area contributed by atoms with E-state index in [9.17, 15) is 9.59 Å². The smallest absolute Gasteiger partial charge is 0.325 e. The number of hydrogen-bond acceptors (Lipinski definition) is 3. The molecule has 0 aromatic rings. The number of carbonyl (C=O) groups is 2. The van der Waals surface area contributed by atoms with Gasteiger partial charge < -0.3 is 15.5 Å². The molecule has 108 valence electrons. The Kier molecular flexibility index (Phi) is 3.47. The van der Waals surface area contributed by atoms with Crippen LogP contribution in [-0.2, 0) is 0 Å². The number of rotatable bonds is 1. The summed E-state index contributed by atoms with van der Waals surface area (Å²) >= 11 is 0. The van der Waals surface area contributed by atoms with Gasteiger partial charge >= 0.3 is 12.1 Å². The molecular weight excluding hydrogens is 244 g/mol. The van der Waals surface area contributed by atoms with Crippen LogP contribution in [0.15, 0.2) is 0 Å². The van der Waals surface area contributed by atoms with Crippen molar-refractivity contribution in [3.8, 4) is 0 Å². The predicted molar refractivity (Wildman–Crippen MR) is 73.0 cm³/mol. The van der Waals surface area contributed by atoms with Crippen LogP contribution in [0.1, 0.15) is 40.5 Å². The number of amides is 4. The fourth-order valence-electron chi connectivity index (χ4n) is 3.44. The van der Waals surface area contributed by atoms with Crippen LogP contribution in [0, 0.1) is 0 Å². The van der Waals surface area contributed by atoms with Gasteiger partial charge in [0.15, 0.2) is 0 Å². The van der Waals surface area contributed by atoms with Crippen LogP contribution in [-0.4, -0.2) is 47.2 Å². The lowest BCUT2D eigenvalue weighted by molar-refractivity contribution is 0.0862. The van der Waals surface area contributed by atoms with Gasteiger partial charge in [-0.05, 0) is 40.5 Å². The second kappa shape index (κ2) is 4.67. The third-order valence-electron chi connectivity index (χ3n) is 3.73. The number of carbonyl (C=O) groups excluding carboxylic acids is 2.